The summed E-state index contributed by atoms with van der Waals surface area (Å²) in [6.45, 7) is 0. The maximum atomic E-state index is 11.9. The van der Waals surface area contributed by atoms with Gasteiger partial charge in [0.15, 0.2) is 5.69 Å². The first-order valence-corrected chi connectivity index (χ1v) is 6.09. The number of rotatable bonds is 2. The summed E-state index contributed by atoms with van der Waals surface area (Å²) in [6, 6.07) is 8.17. The van der Waals surface area contributed by atoms with Crippen LogP contribution >= 0.6 is 27.5 Å². The third-order valence-corrected chi connectivity index (χ3v) is 3.52. The molecule has 0 radical (unpaired) electrons. The fourth-order valence-electron chi connectivity index (χ4n) is 1.25. The van der Waals surface area contributed by atoms with Crippen molar-refractivity contribution in [3.8, 4) is 0 Å². The number of hydrogen-bond acceptors (Lipinski definition) is 4. The zero-order valence-electron chi connectivity index (χ0n) is 9.02. The molecule has 1 heterocycles. The second-order valence-corrected chi connectivity index (χ2v) is 4.60. The molecule has 0 aliphatic carbocycles. The highest BCUT2D eigenvalue weighted by Crippen LogP contribution is 2.30. The largest absolute Gasteiger partial charge is 0.382 e. The number of halogens is 2. The lowest BCUT2D eigenvalue weighted by atomic mass is 10.3. The van der Waals surface area contributed by atoms with Gasteiger partial charge in [0, 0.05) is 0 Å². The molecule has 1 aromatic heterocycles. The van der Waals surface area contributed by atoms with Crippen LogP contribution in [0, 0.1) is 0 Å². The lowest BCUT2D eigenvalue weighted by Crippen LogP contribution is -2.15. The smallest absolute Gasteiger partial charge is 0.276 e. The predicted octanol–water partition coefficient (Wildman–Crippen LogP) is 2.73. The molecule has 0 aliphatic heterocycles. The van der Waals surface area contributed by atoms with E-state index in [2.05, 4.69) is 31.4 Å². The number of amides is 1. The van der Waals surface area contributed by atoms with Gasteiger partial charge in [0.05, 0.1) is 15.2 Å². The van der Waals surface area contributed by atoms with Crippen molar-refractivity contribution in [2.75, 3.05) is 11.1 Å². The van der Waals surface area contributed by atoms with Gasteiger partial charge < -0.3 is 11.1 Å². The molecular weight excluding hydrogens is 320 g/mol. The Morgan fingerprint density at radius 3 is 2.72 bits per heavy atom. The fourth-order valence-corrected chi connectivity index (χ4v) is 1.79. The SMILES string of the molecule is Nc1ccc(C(=O)Nc2cccc(Cl)c2Br)nn1. The molecule has 7 heteroatoms. The van der Waals surface area contributed by atoms with Crippen molar-refractivity contribution < 1.29 is 4.79 Å². The Balaban J connectivity index is 2.21. The van der Waals surface area contributed by atoms with Gasteiger partial charge in [-0.3, -0.25) is 4.79 Å². The summed E-state index contributed by atoms with van der Waals surface area (Å²) in [5, 5.41) is 10.5. The van der Waals surface area contributed by atoms with E-state index >= 15 is 0 Å². The van der Waals surface area contributed by atoms with E-state index in [1.165, 1.54) is 12.1 Å². The number of carbonyl (C=O) groups excluding carboxylic acids is 1. The Bertz CT molecular complexity index is 588. The van der Waals surface area contributed by atoms with Gasteiger partial charge in [0.2, 0.25) is 0 Å². The molecular formula is C11H8BrClN4O. The second-order valence-electron chi connectivity index (χ2n) is 3.40. The number of nitrogens with two attached hydrogens (primary N) is 1. The highest BCUT2D eigenvalue weighted by molar-refractivity contribution is 9.10. The van der Waals surface area contributed by atoms with Crippen molar-refractivity contribution in [2.45, 2.75) is 0 Å². The predicted molar refractivity (Wildman–Crippen MR) is 73.5 cm³/mol. The summed E-state index contributed by atoms with van der Waals surface area (Å²) in [6.07, 6.45) is 0. The molecule has 0 unspecified atom stereocenters. The lowest BCUT2D eigenvalue weighted by molar-refractivity contribution is 0.102. The average molecular weight is 328 g/mol. The molecule has 92 valence electrons. The summed E-state index contributed by atoms with van der Waals surface area (Å²) in [5.74, 6) is -0.124. The minimum Gasteiger partial charge on any atom is -0.382 e. The van der Waals surface area contributed by atoms with Gasteiger partial charge in [0.1, 0.15) is 5.82 Å². The summed E-state index contributed by atoms with van der Waals surface area (Å²) in [4.78, 5) is 11.9. The van der Waals surface area contributed by atoms with E-state index in [1.54, 1.807) is 18.2 Å². The van der Waals surface area contributed by atoms with E-state index in [4.69, 9.17) is 17.3 Å². The molecule has 0 atom stereocenters. The van der Waals surface area contributed by atoms with Gasteiger partial charge in [-0.2, -0.15) is 0 Å². The topological polar surface area (TPSA) is 80.9 Å². The third-order valence-electron chi connectivity index (χ3n) is 2.12. The molecule has 5 nitrogen and oxygen atoms in total. The Kier molecular flexibility index (Phi) is 3.78. The molecule has 0 fully saturated rings. The number of nitrogens with one attached hydrogen (secondary N) is 1. The van der Waals surface area contributed by atoms with Crippen LogP contribution in [0.25, 0.3) is 0 Å². The van der Waals surface area contributed by atoms with Crippen LogP contribution in [0.3, 0.4) is 0 Å². The van der Waals surface area contributed by atoms with Crippen LogP contribution in [-0.2, 0) is 0 Å². The zero-order valence-corrected chi connectivity index (χ0v) is 11.4. The van der Waals surface area contributed by atoms with Gasteiger partial charge in [0.25, 0.3) is 5.91 Å². The van der Waals surface area contributed by atoms with Crippen LogP contribution in [0.1, 0.15) is 10.5 Å². The molecule has 0 spiro atoms. The fraction of sp³-hybridized carbons (Fsp3) is 0. The summed E-state index contributed by atoms with van der Waals surface area (Å²) >= 11 is 9.21. The van der Waals surface area contributed by atoms with Crippen LogP contribution in [0.2, 0.25) is 5.02 Å². The number of nitrogens with zero attached hydrogens (tertiary/aromatic N) is 2. The number of benzene rings is 1. The van der Waals surface area contributed by atoms with Crippen molar-refractivity contribution in [2.24, 2.45) is 0 Å². The molecule has 0 aliphatic rings. The molecule has 0 saturated carbocycles. The van der Waals surface area contributed by atoms with E-state index in [0.717, 1.165) is 0 Å². The molecule has 0 saturated heterocycles. The van der Waals surface area contributed by atoms with Gasteiger partial charge in [-0.1, -0.05) is 17.7 Å². The van der Waals surface area contributed by atoms with E-state index in [0.29, 0.717) is 15.2 Å². The molecule has 2 rings (SSSR count). The number of aromatic nitrogens is 2. The van der Waals surface area contributed by atoms with Crippen molar-refractivity contribution >= 4 is 44.9 Å². The number of carbonyl (C=O) groups is 1. The van der Waals surface area contributed by atoms with E-state index in [9.17, 15) is 4.79 Å². The van der Waals surface area contributed by atoms with Gasteiger partial charge >= 0.3 is 0 Å². The first-order chi connectivity index (χ1) is 8.58. The first kappa shape index (κ1) is 12.8. The monoisotopic (exact) mass is 326 g/mol. The molecule has 1 amide bonds. The number of nitrogen functional groups attached to an aromatic ring is 1. The Labute approximate surface area is 116 Å². The third kappa shape index (κ3) is 2.77. The first-order valence-electron chi connectivity index (χ1n) is 4.92. The summed E-state index contributed by atoms with van der Waals surface area (Å²) < 4.78 is 0.614. The minimum atomic E-state index is -0.384. The van der Waals surface area contributed by atoms with E-state index in [1.807, 2.05) is 0 Å². The maximum Gasteiger partial charge on any atom is 0.276 e. The van der Waals surface area contributed by atoms with Gasteiger partial charge in [-0.05, 0) is 40.2 Å². The summed E-state index contributed by atoms with van der Waals surface area (Å²) in [7, 11) is 0. The van der Waals surface area contributed by atoms with Crippen LogP contribution in [-0.4, -0.2) is 16.1 Å². The normalized spacial score (nSPS) is 10.1. The number of hydrogen-bond donors (Lipinski definition) is 2. The second kappa shape index (κ2) is 5.32. The van der Waals surface area contributed by atoms with Crippen molar-refractivity contribution in [3.05, 3.63) is 45.5 Å². The van der Waals surface area contributed by atoms with Crippen molar-refractivity contribution in [3.63, 3.8) is 0 Å². The highest BCUT2D eigenvalue weighted by Gasteiger charge is 2.11. The van der Waals surface area contributed by atoms with Crippen LogP contribution < -0.4 is 11.1 Å². The number of anilines is 2. The Morgan fingerprint density at radius 2 is 2.06 bits per heavy atom. The molecule has 0 bridgehead atoms. The lowest BCUT2D eigenvalue weighted by Gasteiger charge is -2.07. The quantitative estimate of drug-likeness (QED) is 0.888. The van der Waals surface area contributed by atoms with Gasteiger partial charge in [-0.15, -0.1) is 10.2 Å². The molecule has 18 heavy (non-hydrogen) atoms. The molecule has 3 N–H and O–H groups in total. The zero-order chi connectivity index (χ0) is 13.1. The van der Waals surface area contributed by atoms with Crippen molar-refractivity contribution in [1.29, 1.82) is 0 Å². The van der Waals surface area contributed by atoms with Crippen molar-refractivity contribution in [1.82, 2.24) is 10.2 Å². The van der Waals surface area contributed by atoms with Crippen LogP contribution in [0.4, 0.5) is 11.5 Å². The summed E-state index contributed by atoms with van der Waals surface area (Å²) in [5.41, 5.74) is 6.13. The molecule has 2 aromatic rings. The van der Waals surface area contributed by atoms with Crippen LogP contribution in [0.15, 0.2) is 34.8 Å². The standard InChI is InChI=1S/C11H8BrClN4O/c12-10-6(13)2-1-3-7(10)15-11(18)8-4-5-9(14)17-16-8/h1-5H,(H2,14,17)(H,15,18). The van der Waals surface area contributed by atoms with E-state index in [-0.39, 0.29) is 17.4 Å². The van der Waals surface area contributed by atoms with E-state index < -0.39 is 0 Å². The molecule has 1 aromatic carbocycles. The minimum absolute atomic E-state index is 0.177. The maximum absolute atomic E-state index is 11.9. The Morgan fingerprint density at radius 1 is 1.28 bits per heavy atom. The Hall–Kier alpha value is -1.66. The average Bonchev–Trinajstić information content (AvgIpc) is 2.36. The highest BCUT2D eigenvalue weighted by atomic mass is 79.9. The van der Waals surface area contributed by atoms with Crippen LogP contribution in [0.5, 0.6) is 0 Å². The van der Waals surface area contributed by atoms with Gasteiger partial charge in [-0.25, -0.2) is 0 Å².